The molecule has 1 N–H and O–H groups in total. The Balaban J connectivity index is 1.54. The summed E-state index contributed by atoms with van der Waals surface area (Å²) in [5.74, 6) is -0.359. The van der Waals surface area contributed by atoms with E-state index in [1.165, 1.54) is 36.4 Å². The summed E-state index contributed by atoms with van der Waals surface area (Å²) in [5.41, 5.74) is 0.612. The number of hydrogen-bond donors (Lipinski definition) is 1. The summed E-state index contributed by atoms with van der Waals surface area (Å²) in [6, 6.07) is 10.9. The summed E-state index contributed by atoms with van der Waals surface area (Å²) in [6.07, 6.45) is 2.67. The van der Waals surface area contributed by atoms with Gasteiger partial charge in [0, 0.05) is 11.8 Å². The van der Waals surface area contributed by atoms with Gasteiger partial charge in [-0.15, -0.1) is 0 Å². The van der Waals surface area contributed by atoms with Crippen LogP contribution in [0, 0.1) is 17.1 Å². The van der Waals surface area contributed by atoms with Crippen LogP contribution in [0.5, 0.6) is 0 Å². The number of benzene rings is 1. The van der Waals surface area contributed by atoms with Crippen LogP contribution in [0.4, 0.5) is 4.39 Å². The predicted molar refractivity (Wildman–Crippen MR) is 117 cm³/mol. The molecule has 0 radical (unpaired) electrons. The van der Waals surface area contributed by atoms with Gasteiger partial charge in [-0.05, 0) is 29.8 Å². The minimum Gasteiger partial charge on any atom is -0.467 e. The Kier molecular flexibility index (Phi) is 6.34. The normalized spacial score (nSPS) is 23.2. The Hall–Kier alpha value is -3.10. The van der Waals surface area contributed by atoms with E-state index in [2.05, 4.69) is 10.3 Å². The number of nitriles is 1. The topological polar surface area (TPSA) is 116 Å². The van der Waals surface area contributed by atoms with Crippen LogP contribution in [0.25, 0.3) is 0 Å². The first-order valence-corrected chi connectivity index (χ1v) is 12.4. The van der Waals surface area contributed by atoms with E-state index in [4.69, 9.17) is 4.42 Å². The number of amidine groups is 1. The van der Waals surface area contributed by atoms with Crippen molar-refractivity contribution in [2.24, 2.45) is 4.99 Å². The van der Waals surface area contributed by atoms with E-state index in [9.17, 15) is 22.9 Å². The minimum atomic E-state index is -3.16. The number of nitrogens with one attached hydrogen (secondary N) is 1. The number of amides is 1. The summed E-state index contributed by atoms with van der Waals surface area (Å²) >= 11 is 1.31. The van der Waals surface area contributed by atoms with Crippen molar-refractivity contribution in [3.8, 4) is 6.07 Å². The lowest BCUT2D eigenvalue weighted by Crippen LogP contribution is -2.36. The van der Waals surface area contributed by atoms with Crippen LogP contribution in [0.15, 0.2) is 63.8 Å². The molecule has 2 aliphatic heterocycles. The standard InChI is InChI=1S/C21H19FN4O4S2/c22-16-5-3-14(4-6-16)11-26-18-12-32(28,29)13-19(18)31-21(26)25-9-15(8-23)20(27)24-10-17-2-1-7-30-17/h1-7,9,18-19H,10-13H2,(H,24,27). The second kappa shape index (κ2) is 9.18. The Labute approximate surface area is 188 Å². The molecule has 3 heterocycles. The molecular weight excluding hydrogens is 455 g/mol. The van der Waals surface area contributed by atoms with E-state index in [0.717, 1.165) is 5.56 Å². The molecule has 0 aliphatic carbocycles. The second-order valence-electron chi connectivity index (χ2n) is 7.38. The number of carbonyl (C=O) groups is 1. The smallest absolute Gasteiger partial charge is 0.263 e. The monoisotopic (exact) mass is 474 g/mol. The number of fused-ring (bicyclic) bond motifs is 1. The lowest BCUT2D eigenvalue weighted by Gasteiger charge is -2.24. The molecule has 32 heavy (non-hydrogen) atoms. The number of hydrogen-bond acceptors (Lipinski definition) is 7. The number of nitrogens with zero attached hydrogens (tertiary/aromatic N) is 3. The van der Waals surface area contributed by atoms with Crippen molar-refractivity contribution in [3.63, 3.8) is 0 Å². The number of furan rings is 1. The summed E-state index contributed by atoms with van der Waals surface area (Å²) in [7, 11) is -3.16. The van der Waals surface area contributed by atoms with Gasteiger partial charge < -0.3 is 14.6 Å². The molecule has 4 rings (SSSR count). The fourth-order valence-electron chi connectivity index (χ4n) is 3.55. The first-order chi connectivity index (χ1) is 15.3. The predicted octanol–water partition coefficient (Wildman–Crippen LogP) is 2.21. The highest BCUT2D eigenvalue weighted by atomic mass is 32.2. The SMILES string of the molecule is N#CC(=CN=C1SC2CS(=O)(=O)CC2N1Cc1ccc(F)cc1)C(=O)NCc1ccco1. The van der Waals surface area contributed by atoms with Crippen LogP contribution in [0.2, 0.25) is 0 Å². The second-order valence-corrected chi connectivity index (χ2v) is 10.7. The number of carbonyl (C=O) groups excluding carboxylic acids is 1. The molecule has 2 atom stereocenters. The Morgan fingerprint density at radius 1 is 1.34 bits per heavy atom. The molecule has 2 aromatic rings. The van der Waals surface area contributed by atoms with Gasteiger partial charge in [-0.25, -0.2) is 17.8 Å². The maximum absolute atomic E-state index is 13.3. The zero-order chi connectivity index (χ0) is 22.7. The summed E-state index contributed by atoms with van der Waals surface area (Å²) < 4.78 is 42.7. The molecule has 0 spiro atoms. The van der Waals surface area contributed by atoms with Gasteiger partial charge in [0.05, 0.1) is 36.6 Å². The highest BCUT2D eigenvalue weighted by molar-refractivity contribution is 8.15. The van der Waals surface area contributed by atoms with Gasteiger partial charge in [-0.1, -0.05) is 23.9 Å². The van der Waals surface area contributed by atoms with Crippen LogP contribution in [-0.2, 0) is 27.7 Å². The number of sulfone groups is 1. The maximum Gasteiger partial charge on any atom is 0.263 e. The number of aliphatic imine (C=N–C) groups is 1. The average molecular weight is 475 g/mol. The van der Waals surface area contributed by atoms with E-state index >= 15 is 0 Å². The molecule has 0 saturated carbocycles. The van der Waals surface area contributed by atoms with Gasteiger partial charge in [-0.3, -0.25) is 4.79 Å². The van der Waals surface area contributed by atoms with Gasteiger partial charge in [0.2, 0.25) is 0 Å². The number of rotatable bonds is 6. The highest BCUT2D eigenvalue weighted by Crippen LogP contribution is 2.39. The van der Waals surface area contributed by atoms with Gasteiger partial charge in [0.25, 0.3) is 5.91 Å². The van der Waals surface area contributed by atoms with Crippen LogP contribution in [0.3, 0.4) is 0 Å². The molecule has 11 heteroatoms. The molecule has 1 aromatic carbocycles. The molecule has 1 amide bonds. The Morgan fingerprint density at radius 2 is 2.12 bits per heavy atom. The van der Waals surface area contributed by atoms with Crippen molar-refractivity contribution in [2.45, 2.75) is 24.4 Å². The molecule has 0 bridgehead atoms. The molecule has 2 aliphatic rings. The molecule has 8 nitrogen and oxygen atoms in total. The summed E-state index contributed by atoms with van der Waals surface area (Å²) in [5, 5.41) is 12.3. The van der Waals surface area contributed by atoms with Crippen LogP contribution in [0.1, 0.15) is 11.3 Å². The van der Waals surface area contributed by atoms with Gasteiger partial charge >= 0.3 is 0 Å². The van der Waals surface area contributed by atoms with Crippen molar-refractivity contribution in [1.82, 2.24) is 10.2 Å². The molecule has 2 unspecified atom stereocenters. The van der Waals surface area contributed by atoms with Crippen molar-refractivity contribution in [2.75, 3.05) is 11.5 Å². The van der Waals surface area contributed by atoms with Crippen LogP contribution in [-0.4, -0.2) is 47.2 Å². The molecule has 166 valence electrons. The summed E-state index contributed by atoms with van der Waals surface area (Å²) in [4.78, 5) is 18.5. The van der Waals surface area contributed by atoms with E-state index in [1.54, 1.807) is 24.3 Å². The molecular formula is C21H19FN4O4S2. The lowest BCUT2D eigenvalue weighted by molar-refractivity contribution is -0.117. The van der Waals surface area contributed by atoms with Crippen LogP contribution < -0.4 is 5.32 Å². The fraction of sp³-hybridized carbons (Fsp3) is 0.286. The zero-order valence-corrected chi connectivity index (χ0v) is 18.4. The van der Waals surface area contributed by atoms with Crippen LogP contribution >= 0.6 is 11.8 Å². The molecule has 2 saturated heterocycles. The average Bonchev–Trinajstić information content (AvgIpc) is 3.45. The number of halogens is 1. The minimum absolute atomic E-state index is 0.00331. The zero-order valence-electron chi connectivity index (χ0n) is 16.8. The molecule has 1 aromatic heterocycles. The first kappa shape index (κ1) is 22.1. The third-order valence-corrected chi connectivity index (χ3v) is 8.38. The fourth-order valence-corrected chi connectivity index (χ4v) is 7.48. The van der Waals surface area contributed by atoms with Crippen molar-refractivity contribution >= 4 is 32.7 Å². The first-order valence-electron chi connectivity index (χ1n) is 9.71. The van der Waals surface area contributed by atoms with E-state index < -0.39 is 15.7 Å². The van der Waals surface area contributed by atoms with E-state index in [1.807, 2.05) is 11.0 Å². The van der Waals surface area contributed by atoms with E-state index in [-0.39, 0.29) is 40.7 Å². The quantitative estimate of drug-likeness (QED) is 0.504. The van der Waals surface area contributed by atoms with E-state index in [0.29, 0.717) is 17.5 Å². The van der Waals surface area contributed by atoms with Gasteiger partial charge in [0.1, 0.15) is 23.2 Å². The summed E-state index contributed by atoms with van der Waals surface area (Å²) in [6.45, 7) is 0.470. The van der Waals surface area contributed by atoms with Crippen molar-refractivity contribution in [1.29, 1.82) is 5.26 Å². The molecule has 2 fully saturated rings. The lowest BCUT2D eigenvalue weighted by atomic mass is 10.1. The Morgan fingerprint density at radius 3 is 2.81 bits per heavy atom. The van der Waals surface area contributed by atoms with Crippen molar-refractivity contribution in [3.05, 3.63) is 71.6 Å². The Bertz CT molecular complexity index is 1200. The highest BCUT2D eigenvalue weighted by Gasteiger charge is 2.48. The largest absolute Gasteiger partial charge is 0.467 e. The van der Waals surface area contributed by atoms with Crippen molar-refractivity contribution < 1.29 is 22.0 Å². The number of thioether (sulfide) groups is 1. The maximum atomic E-state index is 13.3. The third kappa shape index (κ3) is 5.03. The van der Waals surface area contributed by atoms with Gasteiger partial charge in [-0.2, -0.15) is 5.26 Å². The van der Waals surface area contributed by atoms with Gasteiger partial charge in [0.15, 0.2) is 15.0 Å². The third-order valence-electron chi connectivity index (χ3n) is 5.11.